The van der Waals surface area contributed by atoms with Gasteiger partial charge in [0, 0.05) is 24.8 Å². The third-order valence-electron chi connectivity index (χ3n) is 3.21. The van der Waals surface area contributed by atoms with Crippen LogP contribution in [0.4, 0.5) is 0 Å². The first kappa shape index (κ1) is 15.4. The molecule has 0 saturated carbocycles. The first-order chi connectivity index (χ1) is 10.3. The van der Waals surface area contributed by atoms with Gasteiger partial charge in [-0.15, -0.1) is 0 Å². The predicted molar refractivity (Wildman–Crippen MR) is 82.6 cm³/mol. The van der Waals surface area contributed by atoms with Gasteiger partial charge in [-0.25, -0.2) is 0 Å². The van der Waals surface area contributed by atoms with Crippen molar-refractivity contribution in [3.8, 4) is 11.5 Å². The number of ether oxygens (including phenoxy) is 2. The lowest BCUT2D eigenvalue weighted by Crippen LogP contribution is -2.11. The lowest BCUT2D eigenvalue weighted by molar-refractivity contribution is 0.284. The van der Waals surface area contributed by atoms with Crippen molar-refractivity contribution < 1.29 is 9.47 Å². The average molecular weight is 289 g/mol. The highest BCUT2D eigenvalue weighted by atomic mass is 16.5. The number of nitrogens with zero attached hydrogens (tertiary/aromatic N) is 2. The second-order valence-electron chi connectivity index (χ2n) is 4.76. The smallest absolute Gasteiger partial charge is 0.161 e. The summed E-state index contributed by atoms with van der Waals surface area (Å²) >= 11 is 0. The molecule has 0 bridgehead atoms. The average Bonchev–Trinajstić information content (AvgIpc) is 2.99. The molecule has 1 N–H and O–H groups in total. The molecule has 1 aromatic carbocycles. The Labute approximate surface area is 125 Å². The number of nitrogens with one attached hydrogen (secondary N) is 1. The van der Waals surface area contributed by atoms with Crippen LogP contribution in [0.3, 0.4) is 0 Å². The molecule has 0 amide bonds. The highest BCUT2D eigenvalue weighted by molar-refractivity contribution is 5.43. The van der Waals surface area contributed by atoms with Gasteiger partial charge in [0.2, 0.25) is 0 Å². The van der Waals surface area contributed by atoms with E-state index in [1.165, 1.54) is 5.56 Å². The quantitative estimate of drug-likeness (QED) is 0.811. The highest BCUT2D eigenvalue weighted by Crippen LogP contribution is 2.28. The number of aromatic nitrogens is 2. The Balaban J connectivity index is 2.05. The molecule has 0 unspecified atom stereocenters. The SMILES string of the molecule is CCNCc1ccc(OC)c(OCc2cnn(CC)c2)c1. The van der Waals surface area contributed by atoms with Crippen LogP contribution in [0.25, 0.3) is 0 Å². The molecule has 0 aliphatic carbocycles. The van der Waals surface area contributed by atoms with E-state index in [4.69, 9.17) is 9.47 Å². The van der Waals surface area contributed by atoms with E-state index in [0.717, 1.165) is 36.7 Å². The van der Waals surface area contributed by atoms with Gasteiger partial charge in [0.1, 0.15) is 6.61 Å². The molecular formula is C16H23N3O2. The second-order valence-corrected chi connectivity index (χ2v) is 4.76. The number of benzene rings is 1. The van der Waals surface area contributed by atoms with Crippen LogP contribution in [0, 0.1) is 0 Å². The topological polar surface area (TPSA) is 48.3 Å². The minimum atomic E-state index is 0.487. The predicted octanol–water partition coefficient (Wildman–Crippen LogP) is 2.60. The van der Waals surface area contributed by atoms with Gasteiger partial charge in [0.05, 0.1) is 13.3 Å². The Morgan fingerprint density at radius 2 is 2.05 bits per heavy atom. The van der Waals surface area contributed by atoms with E-state index in [9.17, 15) is 0 Å². The summed E-state index contributed by atoms with van der Waals surface area (Å²) in [6, 6.07) is 6.01. The van der Waals surface area contributed by atoms with Gasteiger partial charge in [-0.1, -0.05) is 13.0 Å². The Hall–Kier alpha value is -2.01. The Morgan fingerprint density at radius 3 is 2.71 bits per heavy atom. The van der Waals surface area contributed by atoms with Crippen LogP contribution < -0.4 is 14.8 Å². The molecule has 1 aromatic heterocycles. The summed E-state index contributed by atoms with van der Waals surface area (Å²) in [4.78, 5) is 0. The third-order valence-corrected chi connectivity index (χ3v) is 3.21. The summed E-state index contributed by atoms with van der Waals surface area (Å²) in [5.41, 5.74) is 2.23. The first-order valence-corrected chi connectivity index (χ1v) is 7.28. The van der Waals surface area contributed by atoms with Crippen LogP contribution in [0.2, 0.25) is 0 Å². The summed E-state index contributed by atoms with van der Waals surface area (Å²) in [5, 5.41) is 7.55. The maximum absolute atomic E-state index is 5.89. The van der Waals surface area contributed by atoms with E-state index < -0.39 is 0 Å². The highest BCUT2D eigenvalue weighted by Gasteiger charge is 2.07. The van der Waals surface area contributed by atoms with Crippen molar-refractivity contribution in [1.82, 2.24) is 15.1 Å². The van der Waals surface area contributed by atoms with Gasteiger partial charge in [0.25, 0.3) is 0 Å². The molecule has 0 spiro atoms. The van der Waals surface area contributed by atoms with Crippen molar-refractivity contribution in [2.24, 2.45) is 0 Å². The lowest BCUT2D eigenvalue weighted by atomic mass is 10.2. The molecule has 0 fully saturated rings. The van der Waals surface area contributed by atoms with Crippen LogP contribution in [0.1, 0.15) is 25.0 Å². The van der Waals surface area contributed by atoms with Crippen LogP contribution in [-0.2, 0) is 19.7 Å². The molecule has 0 saturated heterocycles. The van der Waals surface area contributed by atoms with Gasteiger partial charge < -0.3 is 14.8 Å². The van der Waals surface area contributed by atoms with Gasteiger partial charge in [0.15, 0.2) is 11.5 Å². The van der Waals surface area contributed by atoms with Crippen LogP contribution >= 0.6 is 0 Å². The normalized spacial score (nSPS) is 10.6. The molecule has 2 aromatic rings. The largest absolute Gasteiger partial charge is 0.493 e. The summed E-state index contributed by atoms with van der Waals surface area (Å²) in [7, 11) is 1.65. The number of rotatable bonds is 8. The van der Waals surface area contributed by atoms with Crippen molar-refractivity contribution in [1.29, 1.82) is 0 Å². The van der Waals surface area contributed by atoms with Crippen LogP contribution in [0.5, 0.6) is 11.5 Å². The maximum atomic E-state index is 5.89. The van der Waals surface area contributed by atoms with E-state index in [-0.39, 0.29) is 0 Å². The molecule has 2 rings (SSSR count). The fourth-order valence-corrected chi connectivity index (χ4v) is 2.03. The minimum absolute atomic E-state index is 0.487. The van der Waals surface area contributed by atoms with Gasteiger partial charge in [-0.05, 0) is 31.2 Å². The summed E-state index contributed by atoms with van der Waals surface area (Å²) in [6.45, 7) is 7.27. The number of methoxy groups -OCH3 is 1. The van der Waals surface area contributed by atoms with Crippen molar-refractivity contribution in [2.75, 3.05) is 13.7 Å². The van der Waals surface area contributed by atoms with Crippen molar-refractivity contribution in [3.05, 3.63) is 41.7 Å². The standard InChI is InChI=1S/C16H23N3O2/c1-4-17-9-13-6-7-15(20-3)16(8-13)21-12-14-10-18-19(5-2)11-14/h6-8,10-11,17H,4-5,9,12H2,1-3H3. The van der Waals surface area contributed by atoms with Gasteiger partial charge in [-0.2, -0.15) is 5.10 Å². The third kappa shape index (κ3) is 4.23. The molecule has 5 heteroatoms. The fourth-order valence-electron chi connectivity index (χ4n) is 2.03. The molecule has 114 valence electrons. The molecule has 0 aliphatic rings. The Bertz CT molecular complexity index is 566. The molecule has 0 aliphatic heterocycles. The van der Waals surface area contributed by atoms with Crippen molar-refractivity contribution >= 4 is 0 Å². The van der Waals surface area contributed by atoms with Gasteiger partial charge >= 0.3 is 0 Å². The van der Waals surface area contributed by atoms with E-state index >= 15 is 0 Å². The lowest BCUT2D eigenvalue weighted by Gasteiger charge is -2.12. The van der Waals surface area contributed by atoms with Crippen LogP contribution in [0.15, 0.2) is 30.6 Å². The zero-order chi connectivity index (χ0) is 15.1. The van der Waals surface area contributed by atoms with E-state index in [1.54, 1.807) is 7.11 Å². The Morgan fingerprint density at radius 1 is 1.19 bits per heavy atom. The summed E-state index contributed by atoms with van der Waals surface area (Å²) < 4.78 is 13.1. The van der Waals surface area contributed by atoms with Crippen LogP contribution in [-0.4, -0.2) is 23.4 Å². The summed E-state index contributed by atoms with van der Waals surface area (Å²) in [6.07, 6.45) is 3.83. The molecule has 0 atom stereocenters. The maximum Gasteiger partial charge on any atom is 0.161 e. The first-order valence-electron chi connectivity index (χ1n) is 7.28. The molecular weight excluding hydrogens is 266 g/mol. The summed E-state index contributed by atoms with van der Waals surface area (Å²) in [5.74, 6) is 1.51. The zero-order valence-electron chi connectivity index (χ0n) is 12.9. The number of aryl methyl sites for hydroxylation is 1. The van der Waals surface area contributed by atoms with Crippen molar-refractivity contribution in [3.63, 3.8) is 0 Å². The van der Waals surface area contributed by atoms with E-state index in [0.29, 0.717) is 6.61 Å². The van der Waals surface area contributed by atoms with E-state index in [2.05, 4.69) is 24.3 Å². The van der Waals surface area contributed by atoms with E-state index in [1.807, 2.05) is 35.3 Å². The zero-order valence-corrected chi connectivity index (χ0v) is 12.9. The monoisotopic (exact) mass is 289 g/mol. The second kappa shape index (κ2) is 7.69. The number of hydrogen-bond acceptors (Lipinski definition) is 4. The number of hydrogen-bond donors (Lipinski definition) is 1. The Kier molecular flexibility index (Phi) is 5.63. The van der Waals surface area contributed by atoms with Crippen molar-refractivity contribution in [2.45, 2.75) is 33.5 Å². The minimum Gasteiger partial charge on any atom is -0.493 e. The molecule has 0 radical (unpaired) electrons. The molecule has 1 heterocycles. The molecule has 21 heavy (non-hydrogen) atoms. The van der Waals surface area contributed by atoms with Gasteiger partial charge in [-0.3, -0.25) is 4.68 Å². The fraction of sp³-hybridized carbons (Fsp3) is 0.438. The molecule has 5 nitrogen and oxygen atoms in total.